The minimum Gasteiger partial charge on any atom is -0.491 e. The number of nitrogens with zero attached hydrogens (tertiary/aromatic N) is 1. The summed E-state index contributed by atoms with van der Waals surface area (Å²) < 4.78 is 5.59. The average Bonchev–Trinajstić information content (AvgIpc) is 2.54. The number of hydrogen-bond acceptors (Lipinski definition) is 3. The lowest BCUT2D eigenvalue weighted by Crippen LogP contribution is -2.06. The molecular formula is C19H17NO2. The molecule has 0 amide bonds. The van der Waals surface area contributed by atoms with E-state index in [2.05, 4.69) is 4.98 Å². The summed E-state index contributed by atoms with van der Waals surface area (Å²) in [6.07, 6.45) is 1.75. The molecule has 0 spiro atoms. The van der Waals surface area contributed by atoms with Crippen LogP contribution in [0.5, 0.6) is 5.75 Å². The summed E-state index contributed by atoms with van der Waals surface area (Å²) in [7, 11) is 0. The number of ether oxygens (including phenoxy) is 1. The predicted octanol–water partition coefficient (Wildman–Crippen LogP) is 4.25. The molecule has 3 aromatic rings. The van der Waals surface area contributed by atoms with Crippen LogP contribution in [0, 0.1) is 0 Å². The van der Waals surface area contributed by atoms with Crippen molar-refractivity contribution in [1.29, 1.82) is 0 Å². The van der Waals surface area contributed by atoms with Crippen molar-refractivity contribution < 1.29 is 9.53 Å². The summed E-state index contributed by atoms with van der Waals surface area (Å²) in [6.45, 7) is 3.94. The summed E-state index contributed by atoms with van der Waals surface area (Å²) in [5.41, 5.74) is 2.11. The molecule has 0 aliphatic carbocycles. The highest BCUT2D eigenvalue weighted by Gasteiger charge is 2.10. The van der Waals surface area contributed by atoms with Crippen molar-refractivity contribution in [2.75, 3.05) is 0 Å². The smallest absolute Gasteiger partial charge is 0.194 e. The third-order valence-corrected chi connectivity index (χ3v) is 3.34. The van der Waals surface area contributed by atoms with Crippen molar-refractivity contribution in [2.45, 2.75) is 20.0 Å². The van der Waals surface area contributed by atoms with Crippen LogP contribution in [0.25, 0.3) is 10.9 Å². The van der Waals surface area contributed by atoms with Gasteiger partial charge in [0.25, 0.3) is 0 Å². The minimum absolute atomic E-state index is 0.0330. The van der Waals surface area contributed by atoms with Gasteiger partial charge in [-0.05, 0) is 50.2 Å². The van der Waals surface area contributed by atoms with Crippen molar-refractivity contribution in [3.8, 4) is 5.75 Å². The number of benzene rings is 2. The highest BCUT2D eigenvalue weighted by atomic mass is 16.5. The molecule has 0 unspecified atom stereocenters. The Morgan fingerprint density at radius 2 is 1.73 bits per heavy atom. The number of para-hydroxylation sites is 1. The second-order valence-corrected chi connectivity index (χ2v) is 5.44. The summed E-state index contributed by atoms with van der Waals surface area (Å²) in [5.74, 6) is 0.734. The fourth-order valence-corrected chi connectivity index (χ4v) is 2.32. The van der Waals surface area contributed by atoms with Gasteiger partial charge >= 0.3 is 0 Å². The van der Waals surface area contributed by atoms with Crippen LogP contribution in [0.15, 0.2) is 60.8 Å². The van der Waals surface area contributed by atoms with E-state index in [1.165, 1.54) is 0 Å². The second kappa shape index (κ2) is 5.98. The first-order chi connectivity index (χ1) is 10.6. The molecule has 3 rings (SSSR count). The number of rotatable bonds is 4. The molecule has 110 valence electrons. The van der Waals surface area contributed by atoms with E-state index in [-0.39, 0.29) is 11.9 Å². The Morgan fingerprint density at radius 3 is 2.45 bits per heavy atom. The fourth-order valence-electron chi connectivity index (χ4n) is 2.32. The van der Waals surface area contributed by atoms with Crippen LogP contribution in [-0.2, 0) is 0 Å². The third-order valence-electron chi connectivity index (χ3n) is 3.34. The summed E-state index contributed by atoms with van der Waals surface area (Å²) >= 11 is 0. The lowest BCUT2D eigenvalue weighted by Gasteiger charge is -2.10. The molecule has 0 radical (unpaired) electrons. The Morgan fingerprint density at radius 1 is 1.00 bits per heavy atom. The van der Waals surface area contributed by atoms with E-state index in [1.54, 1.807) is 18.3 Å². The molecule has 0 atom stereocenters. The lowest BCUT2D eigenvalue weighted by atomic mass is 10.0. The number of aromatic nitrogens is 1. The van der Waals surface area contributed by atoms with Gasteiger partial charge < -0.3 is 4.74 Å². The van der Waals surface area contributed by atoms with E-state index in [4.69, 9.17) is 4.74 Å². The van der Waals surface area contributed by atoms with Gasteiger partial charge in [-0.3, -0.25) is 9.78 Å². The van der Waals surface area contributed by atoms with Crippen molar-refractivity contribution in [2.24, 2.45) is 0 Å². The lowest BCUT2D eigenvalue weighted by molar-refractivity contribution is 0.103. The number of ketones is 1. The summed E-state index contributed by atoms with van der Waals surface area (Å²) in [6, 6.07) is 16.9. The molecule has 0 bridgehead atoms. The first kappa shape index (κ1) is 14.3. The van der Waals surface area contributed by atoms with Gasteiger partial charge in [0.2, 0.25) is 0 Å². The number of pyridine rings is 1. The zero-order chi connectivity index (χ0) is 15.5. The predicted molar refractivity (Wildman–Crippen MR) is 87.4 cm³/mol. The van der Waals surface area contributed by atoms with E-state index in [0.29, 0.717) is 11.1 Å². The molecule has 1 heterocycles. The zero-order valence-electron chi connectivity index (χ0n) is 12.6. The van der Waals surface area contributed by atoms with Gasteiger partial charge in [0, 0.05) is 22.7 Å². The van der Waals surface area contributed by atoms with Crippen LogP contribution in [0.1, 0.15) is 29.8 Å². The van der Waals surface area contributed by atoms with Crippen LogP contribution >= 0.6 is 0 Å². The fraction of sp³-hybridized carbons (Fsp3) is 0.158. The molecule has 0 N–H and O–H groups in total. The highest BCUT2D eigenvalue weighted by Crippen LogP contribution is 2.18. The Balaban J connectivity index is 1.88. The van der Waals surface area contributed by atoms with Gasteiger partial charge in [0.1, 0.15) is 5.75 Å². The molecular weight excluding hydrogens is 274 g/mol. The molecule has 3 heteroatoms. The maximum Gasteiger partial charge on any atom is 0.194 e. The third kappa shape index (κ3) is 2.98. The number of carbonyl (C=O) groups is 1. The van der Waals surface area contributed by atoms with Crippen molar-refractivity contribution in [3.05, 3.63) is 71.9 Å². The minimum atomic E-state index is -0.0330. The van der Waals surface area contributed by atoms with E-state index in [9.17, 15) is 4.79 Å². The average molecular weight is 291 g/mol. The Hall–Kier alpha value is -2.68. The second-order valence-electron chi connectivity index (χ2n) is 5.44. The molecule has 0 aliphatic rings. The topological polar surface area (TPSA) is 39.2 Å². The summed E-state index contributed by atoms with van der Waals surface area (Å²) in [5, 5.41) is 0.966. The van der Waals surface area contributed by atoms with Crippen LogP contribution in [0.2, 0.25) is 0 Å². The van der Waals surface area contributed by atoms with E-state index in [0.717, 1.165) is 16.7 Å². The standard InChI is InChI=1S/C19H17NO2/c1-13(2)22-17-9-7-14(8-10-17)19(21)16-11-15-5-3-4-6-18(15)20-12-16/h3-13H,1-2H3. The number of fused-ring (bicyclic) bond motifs is 1. The normalized spacial score (nSPS) is 10.9. The van der Waals surface area contributed by atoms with Crippen LogP contribution < -0.4 is 4.74 Å². The molecule has 3 nitrogen and oxygen atoms in total. The molecule has 22 heavy (non-hydrogen) atoms. The van der Waals surface area contributed by atoms with E-state index >= 15 is 0 Å². The Labute approximate surface area is 129 Å². The molecule has 0 aliphatic heterocycles. The zero-order valence-corrected chi connectivity index (χ0v) is 12.6. The van der Waals surface area contributed by atoms with Crippen LogP contribution in [-0.4, -0.2) is 16.9 Å². The Bertz CT molecular complexity index is 807. The van der Waals surface area contributed by atoms with Gasteiger partial charge in [-0.25, -0.2) is 0 Å². The Kier molecular flexibility index (Phi) is 3.88. The molecule has 1 aromatic heterocycles. The van der Waals surface area contributed by atoms with Crippen molar-refractivity contribution in [1.82, 2.24) is 4.98 Å². The quantitative estimate of drug-likeness (QED) is 0.674. The van der Waals surface area contributed by atoms with Gasteiger partial charge in [0.05, 0.1) is 11.6 Å². The van der Waals surface area contributed by atoms with Crippen molar-refractivity contribution in [3.63, 3.8) is 0 Å². The number of carbonyl (C=O) groups excluding carboxylic acids is 1. The maximum atomic E-state index is 12.5. The van der Waals surface area contributed by atoms with Gasteiger partial charge in [-0.15, -0.1) is 0 Å². The van der Waals surface area contributed by atoms with Gasteiger partial charge in [-0.2, -0.15) is 0 Å². The first-order valence-electron chi connectivity index (χ1n) is 7.30. The first-order valence-corrected chi connectivity index (χ1v) is 7.30. The van der Waals surface area contributed by atoms with E-state index < -0.39 is 0 Å². The van der Waals surface area contributed by atoms with Gasteiger partial charge in [0.15, 0.2) is 5.78 Å². The SMILES string of the molecule is CC(C)Oc1ccc(C(=O)c2cnc3ccccc3c2)cc1. The monoisotopic (exact) mass is 291 g/mol. The van der Waals surface area contributed by atoms with Gasteiger partial charge in [-0.1, -0.05) is 18.2 Å². The molecule has 0 fully saturated rings. The molecule has 0 saturated carbocycles. The highest BCUT2D eigenvalue weighted by molar-refractivity contribution is 6.10. The largest absolute Gasteiger partial charge is 0.491 e. The van der Waals surface area contributed by atoms with Crippen LogP contribution in [0.4, 0.5) is 0 Å². The van der Waals surface area contributed by atoms with E-state index in [1.807, 2.05) is 56.3 Å². The number of hydrogen-bond donors (Lipinski definition) is 0. The van der Waals surface area contributed by atoms with Crippen LogP contribution in [0.3, 0.4) is 0 Å². The summed E-state index contributed by atoms with van der Waals surface area (Å²) in [4.78, 5) is 16.9. The maximum absolute atomic E-state index is 12.5. The molecule has 2 aromatic carbocycles. The van der Waals surface area contributed by atoms with Crippen molar-refractivity contribution >= 4 is 16.7 Å². The molecule has 0 saturated heterocycles.